The molecule has 4 rings (SSSR count). The number of anilines is 1. The van der Waals surface area contributed by atoms with Crippen LogP contribution in [0, 0.1) is 22.0 Å². The van der Waals surface area contributed by atoms with Crippen LogP contribution in [0.3, 0.4) is 0 Å². The van der Waals surface area contributed by atoms with Crippen molar-refractivity contribution in [3.8, 4) is 0 Å². The number of non-ortho nitro benzene ring substituents is 1. The van der Waals surface area contributed by atoms with Crippen LogP contribution in [0.1, 0.15) is 6.42 Å². The minimum atomic E-state index is -0.332. The number of nitrogens with zero attached hydrogens (tertiary/aromatic N) is 3. The fraction of sp³-hybridized carbons (Fsp3) is 0.438. The van der Waals surface area contributed by atoms with Gasteiger partial charge in [-0.15, -0.1) is 0 Å². The third-order valence-corrected chi connectivity index (χ3v) is 4.97. The maximum atomic E-state index is 11.2. The van der Waals surface area contributed by atoms with Crippen molar-refractivity contribution in [1.29, 1.82) is 0 Å². The number of benzene rings is 1. The predicted octanol–water partition coefficient (Wildman–Crippen LogP) is 2.19. The van der Waals surface area contributed by atoms with E-state index in [1.807, 2.05) is 6.07 Å². The molecule has 2 aromatic rings. The van der Waals surface area contributed by atoms with Crippen molar-refractivity contribution in [2.75, 3.05) is 31.1 Å². The summed E-state index contributed by atoms with van der Waals surface area (Å²) in [6.45, 7) is 4.19. The zero-order chi connectivity index (χ0) is 15.1. The number of nitro benzene ring substituents is 1. The Morgan fingerprint density at radius 3 is 3.00 bits per heavy atom. The molecule has 2 saturated heterocycles. The lowest BCUT2D eigenvalue weighted by molar-refractivity contribution is -0.383. The summed E-state index contributed by atoms with van der Waals surface area (Å²) in [4.78, 5) is 17.6. The number of hydrogen-bond donors (Lipinski definition) is 1. The zero-order valence-corrected chi connectivity index (χ0v) is 12.2. The molecule has 2 unspecified atom stereocenters. The molecule has 6 heteroatoms. The number of piperidine rings is 1. The normalized spacial score (nSPS) is 24.5. The number of rotatable bonds is 2. The van der Waals surface area contributed by atoms with Gasteiger partial charge in [0.1, 0.15) is 5.52 Å². The second-order valence-electron chi connectivity index (χ2n) is 6.17. The van der Waals surface area contributed by atoms with Crippen LogP contribution in [0.25, 0.3) is 10.9 Å². The van der Waals surface area contributed by atoms with Crippen molar-refractivity contribution >= 4 is 22.3 Å². The van der Waals surface area contributed by atoms with Gasteiger partial charge >= 0.3 is 0 Å². The third kappa shape index (κ3) is 2.11. The first-order valence-corrected chi connectivity index (χ1v) is 7.72. The van der Waals surface area contributed by atoms with E-state index >= 15 is 0 Å². The summed E-state index contributed by atoms with van der Waals surface area (Å²) in [5.41, 5.74) is 1.89. The average molecular weight is 298 g/mol. The van der Waals surface area contributed by atoms with E-state index in [4.69, 9.17) is 0 Å². The lowest BCUT2D eigenvalue weighted by atomic mass is 9.88. The Balaban J connectivity index is 1.76. The van der Waals surface area contributed by atoms with E-state index in [2.05, 4.69) is 15.2 Å². The minimum absolute atomic E-state index is 0.129. The van der Waals surface area contributed by atoms with E-state index in [1.54, 1.807) is 24.4 Å². The summed E-state index contributed by atoms with van der Waals surface area (Å²) in [7, 11) is 0. The Morgan fingerprint density at radius 2 is 2.14 bits per heavy atom. The second kappa shape index (κ2) is 5.21. The second-order valence-corrected chi connectivity index (χ2v) is 6.17. The van der Waals surface area contributed by atoms with Gasteiger partial charge in [0.05, 0.1) is 16.0 Å². The molecule has 3 heterocycles. The number of hydrogen-bond acceptors (Lipinski definition) is 5. The Hall–Kier alpha value is -2.21. The monoisotopic (exact) mass is 298 g/mol. The molecular weight excluding hydrogens is 280 g/mol. The van der Waals surface area contributed by atoms with Crippen LogP contribution in [-0.2, 0) is 0 Å². The van der Waals surface area contributed by atoms with E-state index in [-0.39, 0.29) is 10.6 Å². The van der Waals surface area contributed by atoms with E-state index in [9.17, 15) is 10.1 Å². The number of aromatic nitrogens is 1. The summed E-state index contributed by atoms with van der Waals surface area (Å²) >= 11 is 0. The lowest BCUT2D eigenvalue weighted by Crippen LogP contribution is -2.40. The van der Waals surface area contributed by atoms with Crippen LogP contribution < -0.4 is 10.2 Å². The smallest absolute Gasteiger partial charge is 0.278 e. The molecule has 2 fully saturated rings. The van der Waals surface area contributed by atoms with Gasteiger partial charge in [-0.1, -0.05) is 0 Å². The van der Waals surface area contributed by atoms with E-state index in [1.165, 1.54) is 6.42 Å². The van der Waals surface area contributed by atoms with Gasteiger partial charge in [0.15, 0.2) is 0 Å². The highest BCUT2D eigenvalue weighted by atomic mass is 16.6. The minimum Gasteiger partial charge on any atom is -0.369 e. The molecule has 0 saturated carbocycles. The Kier molecular flexibility index (Phi) is 3.18. The van der Waals surface area contributed by atoms with Gasteiger partial charge in [-0.05, 0) is 49.5 Å². The molecule has 114 valence electrons. The molecule has 1 aromatic carbocycles. The van der Waals surface area contributed by atoms with Crippen LogP contribution in [0.15, 0.2) is 30.5 Å². The highest BCUT2D eigenvalue weighted by molar-refractivity contribution is 5.97. The quantitative estimate of drug-likeness (QED) is 0.679. The standard InChI is InChI=1S/C16H18N4O2/c21-20(22)14-3-4-15(16-13(14)2-1-6-18-16)19-7-5-11-8-17-9-12(11)10-19/h1-4,6,11-12,17H,5,7-10H2. The number of fused-ring (bicyclic) bond motifs is 2. The summed E-state index contributed by atoms with van der Waals surface area (Å²) in [5.74, 6) is 1.44. The first kappa shape index (κ1) is 13.5. The van der Waals surface area contributed by atoms with Gasteiger partial charge in [-0.3, -0.25) is 15.1 Å². The molecule has 0 radical (unpaired) electrons. The fourth-order valence-electron chi connectivity index (χ4n) is 3.81. The molecule has 6 nitrogen and oxygen atoms in total. The topological polar surface area (TPSA) is 71.3 Å². The van der Waals surface area contributed by atoms with Crippen molar-refractivity contribution in [3.63, 3.8) is 0 Å². The van der Waals surface area contributed by atoms with Gasteiger partial charge in [0, 0.05) is 25.4 Å². The molecule has 2 aliphatic rings. The molecule has 2 aliphatic heterocycles. The van der Waals surface area contributed by atoms with Crippen molar-refractivity contribution in [2.45, 2.75) is 6.42 Å². The van der Waals surface area contributed by atoms with E-state index < -0.39 is 0 Å². The van der Waals surface area contributed by atoms with E-state index in [0.717, 1.165) is 43.3 Å². The average Bonchev–Trinajstić information content (AvgIpc) is 3.01. The first-order valence-electron chi connectivity index (χ1n) is 7.72. The number of pyridine rings is 1. The van der Waals surface area contributed by atoms with Crippen LogP contribution in [0.2, 0.25) is 0 Å². The molecule has 2 atom stereocenters. The predicted molar refractivity (Wildman–Crippen MR) is 85.1 cm³/mol. The molecule has 0 amide bonds. The largest absolute Gasteiger partial charge is 0.369 e. The van der Waals surface area contributed by atoms with Crippen molar-refractivity contribution in [1.82, 2.24) is 10.3 Å². The van der Waals surface area contributed by atoms with Crippen LogP contribution in [-0.4, -0.2) is 36.1 Å². The molecule has 22 heavy (non-hydrogen) atoms. The molecule has 1 aromatic heterocycles. The third-order valence-electron chi connectivity index (χ3n) is 4.97. The molecule has 0 aliphatic carbocycles. The highest BCUT2D eigenvalue weighted by Crippen LogP contribution is 2.35. The molecular formula is C16H18N4O2. The van der Waals surface area contributed by atoms with E-state index in [0.29, 0.717) is 11.3 Å². The van der Waals surface area contributed by atoms with Crippen LogP contribution in [0.5, 0.6) is 0 Å². The van der Waals surface area contributed by atoms with Gasteiger partial charge in [-0.2, -0.15) is 0 Å². The molecule has 1 N–H and O–H groups in total. The summed E-state index contributed by atoms with van der Waals surface area (Å²) in [6, 6.07) is 7.01. The summed E-state index contributed by atoms with van der Waals surface area (Å²) in [6.07, 6.45) is 2.88. The Labute approximate surface area is 128 Å². The maximum absolute atomic E-state index is 11.2. The zero-order valence-electron chi connectivity index (χ0n) is 12.2. The summed E-state index contributed by atoms with van der Waals surface area (Å²) in [5, 5.41) is 15.3. The van der Waals surface area contributed by atoms with Gasteiger partial charge < -0.3 is 10.2 Å². The Bertz CT molecular complexity index is 733. The van der Waals surface area contributed by atoms with Gasteiger partial charge in [0.2, 0.25) is 0 Å². The molecule has 0 bridgehead atoms. The first-order chi connectivity index (χ1) is 10.7. The highest BCUT2D eigenvalue weighted by Gasteiger charge is 2.33. The maximum Gasteiger partial charge on any atom is 0.278 e. The number of nitrogens with one attached hydrogen (secondary N) is 1. The number of nitro groups is 1. The van der Waals surface area contributed by atoms with Crippen LogP contribution in [0.4, 0.5) is 11.4 Å². The molecule has 0 spiro atoms. The lowest BCUT2D eigenvalue weighted by Gasteiger charge is -2.36. The van der Waals surface area contributed by atoms with Crippen molar-refractivity contribution in [3.05, 3.63) is 40.6 Å². The fourth-order valence-corrected chi connectivity index (χ4v) is 3.81. The van der Waals surface area contributed by atoms with Crippen LogP contribution >= 0.6 is 0 Å². The van der Waals surface area contributed by atoms with Crippen molar-refractivity contribution < 1.29 is 4.92 Å². The SMILES string of the molecule is O=[N+]([O-])c1ccc(N2CCC3CNCC3C2)c2ncccc12. The Morgan fingerprint density at radius 1 is 1.27 bits per heavy atom. The van der Waals surface area contributed by atoms with Gasteiger partial charge in [-0.25, -0.2) is 0 Å². The van der Waals surface area contributed by atoms with Gasteiger partial charge in [0.25, 0.3) is 5.69 Å². The summed E-state index contributed by atoms with van der Waals surface area (Å²) < 4.78 is 0. The van der Waals surface area contributed by atoms with Crippen molar-refractivity contribution in [2.24, 2.45) is 11.8 Å².